The van der Waals surface area contributed by atoms with Crippen molar-refractivity contribution < 1.29 is 19.4 Å². The van der Waals surface area contributed by atoms with Gasteiger partial charge in [-0.05, 0) is 31.7 Å². The second-order valence-electron chi connectivity index (χ2n) is 5.38. The zero-order valence-electron chi connectivity index (χ0n) is 12.6. The molecule has 0 atom stereocenters. The molecule has 1 fully saturated rings. The molecule has 0 aromatic carbocycles. The lowest BCUT2D eigenvalue weighted by Crippen LogP contribution is -2.39. The van der Waals surface area contributed by atoms with Gasteiger partial charge in [0.25, 0.3) is 5.91 Å². The van der Waals surface area contributed by atoms with Crippen LogP contribution in [-0.4, -0.2) is 41.3 Å². The van der Waals surface area contributed by atoms with Gasteiger partial charge >= 0.3 is 6.09 Å². The minimum Gasteiger partial charge on any atom is -0.480 e. The number of hydrogen-bond acceptors (Lipinski definition) is 5. The van der Waals surface area contributed by atoms with Crippen molar-refractivity contribution in [3.05, 3.63) is 16.7 Å². The van der Waals surface area contributed by atoms with Gasteiger partial charge in [0, 0.05) is 12.1 Å². The van der Waals surface area contributed by atoms with E-state index in [1.165, 1.54) is 13.2 Å². The topological polar surface area (TPSA) is 127 Å². The predicted molar refractivity (Wildman–Crippen MR) is 85.1 cm³/mol. The van der Waals surface area contributed by atoms with Crippen LogP contribution in [-0.2, 0) is 0 Å². The Balaban J connectivity index is 2.04. The molecule has 2 amide bonds. The van der Waals surface area contributed by atoms with E-state index in [9.17, 15) is 9.59 Å². The van der Waals surface area contributed by atoms with Crippen LogP contribution in [0.25, 0.3) is 0 Å². The summed E-state index contributed by atoms with van der Waals surface area (Å²) < 4.78 is 5.07. The molecule has 5 N–H and O–H groups in total. The summed E-state index contributed by atoms with van der Waals surface area (Å²) in [4.78, 5) is 26.2. The second-order valence-corrected chi connectivity index (χ2v) is 5.79. The number of carbonyl (C=O) groups is 2. The molecule has 1 aliphatic carbocycles. The van der Waals surface area contributed by atoms with Crippen LogP contribution < -0.4 is 21.1 Å². The summed E-state index contributed by atoms with van der Waals surface area (Å²) in [6.07, 6.45) is 2.03. The van der Waals surface area contributed by atoms with Crippen LogP contribution in [0.4, 0.5) is 10.6 Å². The number of carboxylic acid groups (broad SMARTS) is 1. The molecule has 0 bridgehead atoms. The molecule has 126 valence electrons. The Morgan fingerprint density at radius 3 is 2.48 bits per heavy atom. The lowest BCUT2D eigenvalue weighted by Gasteiger charge is -2.29. The van der Waals surface area contributed by atoms with Gasteiger partial charge in [0.2, 0.25) is 5.88 Å². The molecule has 1 aliphatic rings. The molecule has 8 nitrogen and oxygen atoms in total. The highest BCUT2D eigenvalue weighted by atomic mass is 35.5. The Hall–Kier alpha value is -2.22. The fourth-order valence-electron chi connectivity index (χ4n) is 2.66. The zero-order chi connectivity index (χ0) is 17.0. The van der Waals surface area contributed by atoms with E-state index in [0.717, 1.165) is 25.7 Å². The number of ether oxygens (including phenoxy) is 1. The van der Waals surface area contributed by atoms with Crippen LogP contribution in [0.3, 0.4) is 0 Å². The lowest BCUT2D eigenvalue weighted by molar-refractivity contribution is 0.0996. The SMILES string of the molecule is COc1nc(N[C@H]2CC[C@H](NC(=O)O)CC2)c(Cl)cc1C(N)=O. The number of amides is 2. The average Bonchev–Trinajstić information content (AvgIpc) is 2.50. The van der Waals surface area contributed by atoms with Crippen LogP contribution in [0.5, 0.6) is 5.88 Å². The van der Waals surface area contributed by atoms with Crippen LogP contribution >= 0.6 is 11.6 Å². The molecule has 0 unspecified atom stereocenters. The van der Waals surface area contributed by atoms with Gasteiger partial charge in [-0.15, -0.1) is 0 Å². The number of carbonyl (C=O) groups excluding carboxylic acids is 1. The first-order chi connectivity index (χ1) is 10.9. The van der Waals surface area contributed by atoms with Crippen LogP contribution in [0.15, 0.2) is 6.07 Å². The minimum atomic E-state index is -1.00. The van der Waals surface area contributed by atoms with Gasteiger partial charge in [-0.1, -0.05) is 11.6 Å². The first kappa shape index (κ1) is 17.1. The molecule has 0 radical (unpaired) electrons. The van der Waals surface area contributed by atoms with Gasteiger partial charge in [0.1, 0.15) is 11.4 Å². The van der Waals surface area contributed by atoms with Gasteiger partial charge in [0.15, 0.2) is 0 Å². The van der Waals surface area contributed by atoms with Crippen molar-refractivity contribution in [1.82, 2.24) is 10.3 Å². The molecular formula is C14H19ClN4O4. The van der Waals surface area contributed by atoms with E-state index in [2.05, 4.69) is 15.6 Å². The summed E-state index contributed by atoms with van der Waals surface area (Å²) in [5.74, 6) is -0.128. The van der Waals surface area contributed by atoms with Crippen LogP contribution in [0, 0.1) is 0 Å². The number of aromatic nitrogens is 1. The molecule has 2 rings (SSSR count). The number of primary amides is 1. The highest BCUT2D eigenvalue weighted by Crippen LogP contribution is 2.29. The van der Waals surface area contributed by atoms with E-state index in [1.54, 1.807) is 0 Å². The molecule has 0 aliphatic heterocycles. The zero-order valence-corrected chi connectivity index (χ0v) is 13.4. The number of hydrogen-bond donors (Lipinski definition) is 4. The average molecular weight is 343 g/mol. The third kappa shape index (κ3) is 4.38. The summed E-state index contributed by atoms with van der Waals surface area (Å²) in [7, 11) is 1.40. The highest BCUT2D eigenvalue weighted by molar-refractivity contribution is 6.33. The van der Waals surface area contributed by atoms with E-state index in [-0.39, 0.29) is 28.5 Å². The summed E-state index contributed by atoms with van der Waals surface area (Å²) in [6, 6.07) is 1.52. The number of anilines is 1. The maximum absolute atomic E-state index is 11.3. The van der Waals surface area contributed by atoms with Crippen molar-refractivity contribution in [2.45, 2.75) is 37.8 Å². The molecule has 1 aromatic rings. The Morgan fingerprint density at radius 2 is 1.96 bits per heavy atom. The Bertz CT molecular complexity index is 603. The largest absolute Gasteiger partial charge is 0.480 e. The Labute approximate surface area is 138 Å². The minimum absolute atomic E-state index is 0.0271. The van der Waals surface area contributed by atoms with Crippen molar-refractivity contribution >= 4 is 29.4 Å². The van der Waals surface area contributed by atoms with Gasteiger partial charge in [-0.3, -0.25) is 4.79 Å². The van der Waals surface area contributed by atoms with Gasteiger partial charge in [-0.25, -0.2) is 4.79 Å². The highest BCUT2D eigenvalue weighted by Gasteiger charge is 2.24. The van der Waals surface area contributed by atoms with Crippen LogP contribution in [0.2, 0.25) is 5.02 Å². The summed E-state index contributed by atoms with van der Waals surface area (Å²) in [5, 5.41) is 14.7. The van der Waals surface area contributed by atoms with Crippen molar-refractivity contribution in [2.75, 3.05) is 12.4 Å². The molecule has 23 heavy (non-hydrogen) atoms. The van der Waals surface area contributed by atoms with E-state index < -0.39 is 12.0 Å². The van der Waals surface area contributed by atoms with Crippen molar-refractivity contribution in [2.24, 2.45) is 5.73 Å². The fourth-order valence-corrected chi connectivity index (χ4v) is 2.86. The number of nitrogens with two attached hydrogens (primary N) is 1. The number of halogens is 1. The smallest absolute Gasteiger partial charge is 0.404 e. The maximum Gasteiger partial charge on any atom is 0.404 e. The number of pyridine rings is 1. The van der Waals surface area contributed by atoms with E-state index in [0.29, 0.717) is 5.82 Å². The van der Waals surface area contributed by atoms with Gasteiger partial charge in [0.05, 0.1) is 12.1 Å². The predicted octanol–water partition coefficient (Wildman–Crippen LogP) is 1.83. The first-order valence-corrected chi connectivity index (χ1v) is 7.58. The summed E-state index contributed by atoms with van der Waals surface area (Å²) in [5.41, 5.74) is 5.38. The van der Waals surface area contributed by atoms with E-state index >= 15 is 0 Å². The number of methoxy groups -OCH3 is 1. The summed E-state index contributed by atoms with van der Waals surface area (Å²) in [6.45, 7) is 0. The number of nitrogens with zero attached hydrogens (tertiary/aromatic N) is 1. The lowest BCUT2D eigenvalue weighted by atomic mass is 9.91. The van der Waals surface area contributed by atoms with Crippen LogP contribution in [0.1, 0.15) is 36.0 Å². The normalized spacial score (nSPS) is 20.6. The number of rotatable bonds is 5. The molecule has 9 heteroatoms. The standard InChI is InChI=1S/C14H19ClN4O4/c1-23-13-9(11(16)20)6-10(15)12(19-13)17-7-2-4-8(5-3-7)18-14(21)22/h6-8,18H,2-5H2,1H3,(H2,16,20)(H,17,19)(H,21,22)/t7-,8-. The molecule has 0 saturated heterocycles. The third-order valence-corrected chi connectivity index (χ3v) is 4.08. The van der Waals surface area contributed by atoms with Crippen molar-refractivity contribution in [3.63, 3.8) is 0 Å². The van der Waals surface area contributed by atoms with Gasteiger partial charge in [-0.2, -0.15) is 4.98 Å². The molecular weight excluding hydrogens is 324 g/mol. The molecule has 1 heterocycles. The van der Waals surface area contributed by atoms with E-state index in [1.807, 2.05) is 0 Å². The van der Waals surface area contributed by atoms with Crippen molar-refractivity contribution in [1.29, 1.82) is 0 Å². The van der Waals surface area contributed by atoms with Crippen molar-refractivity contribution in [3.8, 4) is 5.88 Å². The fraction of sp³-hybridized carbons (Fsp3) is 0.500. The Kier molecular flexibility index (Phi) is 5.49. The summed E-state index contributed by atoms with van der Waals surface area (Å²) >= 11 is 6.14. The molecule has 1 saturated carbocycles. The van der Waals surface area contributed by atoms with Gasteiger partial charge < -0.3 is 26.2 Å². The maximum atomic E-state index is 11.3. The monoisotopic (exact) mass is 342 g/mol. The molecule has 1 aromatic heterocycles. The van der Waals surface area contributed by atoms with E-state index in [4.69, 9.17) is 27.2 Å². The second kappa shape index (κ2) is 7.36. The molecule has 0 spiro atoms. The first-order valence-electron chi connectivity index (χ1n) is 7.21. The third-order valence-electron chi connectivity index (χ3n) is 3.80. The Morgan fingerprint density at radius 1 is 1.35 bits per heavy atom. The quantitative estimate of drug-likeness (QED) is 0.646. The number of nitrogens with one attached hydrogen (secondary N) is 2.